The van der Waals surface area contributed by atoms with Crippen LogP contribution < -0.4 is 9.47 Å². The van der Waals surface area contributed by atoms with Crippen LogP contribution in [0.25, 0.3) is 5.57 Å². The molecule has 1 heterocycles. The Kier molecular flexibility index (Phi) is 7.42. The standard InChI is InChI=1S/C20H28N2O6/c1-13(2)28-11-9-22-19(24)17(18(20(22)25)21(3)8-10-23)14-6-7-15(26-4)16(12-14)27-5/h6-7,12-13,23H,8-11H2,1-5H3. The van der Waals surface area contributed by atoms with E-state index in [1.54, 1.807) is 30.1 Å². The molecule has 2 rings (SSSR count). The van der Waals surface area contributed by atoms with Crippen LogP contribution in [-0.2, 0) is 14.3 Å². The normalized spacial score (nSPS) is 14.3. The van der Waals surface area contributed by atoms with Crippen LogP contribution in [0.15, 0.2) is 23.9 Å². The fourth-order valence-electron chi connectivity index (χ4n) is 3.01. The smallest absolute Gasteiger partial charge is 0.277 e. The molecule has 2 amide bonds. The van der Waals surface area contributed by atoms with Crippen molar-refractivity contribution >= 4 is 17.4 Å². The number of hydrogen-bond acceptors (Lipinski definition) is 7. The minimum absolute atomic E-state index is 0.00243. The molecule has 8 nitrogen and oxygen atoms in total. The van der Waals surface area contributed by atoms with Crippen molar-refractivity contribution in [1.82, 2.24) is 9.80 Å². The van der Waals surface area contributed by atoms with Crippen LogP contribution >= 0.6 is 0 Å². The molecule has 0 fully saturated rings. The van der Waals surface area contributed by atoms with Crippen molar-refractivity contribution in [2.24, 2.45) is 0 Å². The molecule has 28 heavy (non-hydrogen) atoms. The number of imide groups is 1. The maximum atomic E-state index is 13.1. The van der Waals surface area contributed by atoms with Crippen LogP contribution in [0.2, 0.25) is 0 Å². The van der Waals surface area contributed by atoms with E-state index in [9.17, 15) is 14.7 Å². The fourth-order valence-corrected chi connectivity index (χ4v) is 3.01. The van der Waals surface area contributed by atoms with Gasteiger partial charge in [-0.3, -0.25) is 14.5 Å². The van der Waals surface area contributed by atoms with E-state index in [1.807, 2.05) is 13.8 Å². The molecular formula is C20H28N2O6. The summed E-state index contributed by atoms with van der Waals surface area (Å²) in [5.74, 6) is 0.178. The second-order valence-corrected chi connectivity index (χ2v) is 6.62. The molecule has 0 saturated carbocycles. The highest BCUT2D eigenvalue weighted by molar-refractivity contribution is 6.35. The number of carbonyl (C=O) groups excluding carboxylic acids is 2. The van der Waals surface area contributed by atoms with Gasteiger partial charge in [-0.15, -0.1) is 0 Å². The van der Waals surface area contributed by atoms with E-state index in [1.165, 1.54) is 19.1 Å². The van der Waals surface area contributed by atoms with Gasteiger partial charge in [-0.1, -0.05) is 6.07 Å². The van der Waals surface area contributed by atoms with Gasteiger partial charge in [0, 0.05) is 13.6 Å². The van der Waals surface area contributed by atoms with Crippen LogP contribution in [0.5, 0.6) is 11.5 Å². The van der Waals surface area contributed by atoms with E-state index in [2.05, 4.69) is 0 Å². The molecule has 1 aromatic carbocycles. The molecule has 0 spiro atoms. The summed E-state index contributed by atoms with van der Waals surface area (Å²) in [4.78, 5) is 28.8. The van der Waals surface area contributed by atoms with Gasteiger partial charge >= 0.3 is 0 Å². The minimum Gasteiger partial charge on any atom is -0.493 e. The second kappa shape index (κ2) is 9.57. The average molecular weight is 392 g/mol. The van der Waals surface area contributed by atoms with Crippen molar-refractivity contribution in [1.29, 1.82) is 0 Å². The number of hydrogen-bond donors (Lipinski definition) is 1. The number of aliphatic hydroxyl groups excluding tert-OH is 1. The molecule has 1 aromatic rings. The zero-order chi connectivity index (χ0) is 20.8. The monoisotopic (exact) mass is 392 g/mol. The van der Waals surface area contributed by atoms with Gasteiger partial charge in [0.25, 0.3) is 11.8 Å². The Labute approximate surface area is 165 Å². The molecule has 0 aromatic heterocycles. The summed E-state index contributed by atoms with van der Waals surface area (Å²) >= 11 is 0. The molecule has 8 heteroatoms. The Morgan fingerprint density at radius 1 is 1.11 bits per heavy atom. The van der Waals surface area contributed by atoms with Gasteiger partial charge < -0.3 is 24.2 Å². The van der Waals surface area contributed by atoms with Crippen LogP contribution in [0.3, 0.4) is 0 Å². The molecule has 154 valence electrons. The molecule has 0 aliphatic carbocycles. The van der Waals surface area contributed by atoms with Crippen molar-refractivity contribution in [3.05, 3.63) is 29.5 Å². The summed E-state index contributed by atoms with van der Waals surface area (Å²) in [6.45, 7) is 4.27. The molecule has 1 aliphatic rings. The first kappa shape index (κ1) is 21.7. The molecule has 1 aliphatic heterocycles. The van der Waals surface area contributed by atoms with E-state index >= 15 is 0 Å². The van der Waals surface area contributed by atoms with Gasteiger partial charge in [0.05, 0.1) is 45.7 Å². The van der Waals surface area contributed by atoms with E-state index in [0.29, 0.717) is 17.1 Å². The largest absolute Gasteiger partial charge is 0.493 e. The number of ether oxygens (including phenoxy) is 3. The van der Waals surface area contributed by atoms with Gasteiger partial charge in [-0.25, -0.2) is 0 Å². The van der Waals surface area contributed by atoms with E-state index in [-0.39, 0.29) is 43.7 Å². The van der Waals surface area contributed by atoms with E-state index in [4.69, 9.17) is 14.2 Å². The van der Waals surface area contributed by atoms with Crippen LogP contribution in [-0.4, -0.2) is 80.4 Å². The number of likely N-dealkylation sites (N-methyl/N-ethyl adjacent to an activating group) is 1. The van der Waals surface area contributed by atoms with Gasteiger partial charge in [-0.2, -0.15) is 0 Å². The minimum atomic E-state index is -0.405. The molecule has 0 radical (unpaired) electrons. The third-order valence-electron chi connectivity index (χ3n) is 4.40. The highest BCUT2D eigenvalue weighted by atomic mass is 16.5. The Morgan fingerprint density at radius 3 is 2.36 bits per heavy atom. The topological polar surface area (TPSA) is 88.5 Å². The van der Waals surface area contributed by atoms with Crippen LogP contribution in [0.4, 0.5) is 0 Å². The SMILES string of the molecule is COc1ccc(C2=C(N(C)CCO)C(=O)N(CCOC(C)C)C2=O)cc1OC. The quantitative estimate of drug-likeness (QED) is 0.597. The maximum absolute atomic E-state index is 13.1. The first-order chi connectivity index (χ1) is 13.3. The number of benzene rings is 1. The third kappa shape index (κ3) is 4.45. The zero-order valence-corrected chi connectivity index (χ0v) is 17.0. The Bertz CT molecular complexity index is 759. The van der Waals surface area contributed by atoms with Gasteiger partial charge in [0.15, 0.2) is 11.5 Å². The van der Waals surface area contributed by atoms with Gasteiger partial charge in [0.2, 0.25) is 0 Å². The van der Waals surface area contributed by atoms with E-state index in [0.717, 1.165) is 0 Å². The maximum Gasteiger partial charge on any atom is 0.277 e. The molecule has 0 saturated heterocycles. The lowest BCUT2D eigenvalue weighted by molar-refractivity contribution is -0.138. The molecular weight excluding hydrogens is 364 g/mol. The highest BCUT2D eigenvalue weighted by Crippen LogP contribution is 2.35. The predicted molar refractivity (Wildman–Crippen MR) is 104 cm³/mol. The summed E-state index contributed by atoms with van der Waals surface area (Å²) in [5, 5.41) is 9.29. The number of nitrogens with zero attached hydrogens (tertiary/aromatic N) is 2. The van der Waals surface area contributed by atoms with Crippen molar-refractivity contribution < 1.29 is 28.9 Å². The number of methoxy groups -OCH3 is 2. The van der Waals surface area contributed by atoms with Crippen molar-refractivity contribution in [3.63, 3.8) is 0 Å². The van der Waals surface area contributed by atoms with Crippen molar-refractivity contribution in [2.45, 2.75) is 20.0 Å². The Hall–Kier alpha value is -2.58. The Morgan fingerprint density at radius 2 is 1.79 bits per heavy atom. The number of rotatable bonds is 10. The summed E-state index contributed by atoms with van der Waals surface area (Å²) in [7, 11) is 4.70. The average Bonchev–Trinajstić information content (AvgIpc) is 2.92. The lowest BCUT2D eigenvalue weighted by atomic mass is 10.0. The molecule has 0 bridgehead atoms. The van der Waals surface area contributed by atoms with Crippen LogP contribution in [0, 0.1) is 0 Å². The second-order valence-electron chi connectivity index (χ2n) is 6.62. The summed E-state index contributed by atoms with van der Waals surface area (Å²) < 4.78 is 16.1. The lowest BCUT2D eigenvalue weighted by Crippen LogP contribution is -2.37. The van der Waals surface area contributed by atoms with Crippen molar-refractivity contribution in [3.8, 4) is 11.5 Å². The summed E-state index contributed by atoms with van der Waals surface area (Å²) in [5.41, 5.74) is 1.06. The van der Waals surface area contributed by atoms with Gasteiger partial charge in [0.1, 0.15) is 5.70 Å². The van der Waals surface area contributed by atoms with E-state index < -0.39 is 11.8 Å². The first-order valence-corrected chi connectivity index (χ1v) is 9.12. The fraction of sp³-hybridized carbons (Fsp3) is 0.500. The molecule has 0 atom stereocenters. The van der Waals surface area contributed by atoms with Crippen LogP contribution in [0.1, 0.15) is 19.4 Å². The van der Waals surface area contributed by atoms with Gasteiger partial charge in [-0.05, 0) is 31.5 Å². The number of carbonyl (C=O) groups is 2. The molecule has 0 unspecified atom stereocenters. The predicted octanol–water partition coefficient (Wildman–Crippen LogP) is 1.13. The van der Waals surface area contributed by atoms with Crippen molar-refractivity contribution in [2.75, 3.05) is 47.6 Å². The zero-order valence-electron chi connectivity index (χ0n) is 17.0. The summed E-state index contributed by atoms with van der Waals surface area (Å²) in [6.07, 6.45) is 0.00243. The lowest BCUT2D eigenvalue weighted by Gasteiger charge is -2.20. The number of aliphatic hydroxyl groups is 1. The highest BCUT2D eigenvalue weighted by Gasteiger charge is 2.40. The summed E-state index contributed by atoms with van der Waals surface area (Å²) in [6, 6.07) is 5.07. The third-order valence-corrected chi connectivity index (χ3v) is 4.40. The Balaban J connectivity index is 2.45. The first-order valence-electron chi connectivity index (χ1n) is 9.12. The number of amides is 2. The molecule has 1 N–H and O–H groups in total.